The molecule has 0 radical (unpaired) electrons. The molecule has 0 aliphatic carbocycles. The number of carbonyl (C=O) groups is 1. The van der Waals surface area contributed by atoms with Gasteiger partial charge in [-0.15, -0.1) is 0 Å². The summed E-state index contributed by atoms with van der Waals surface area (Å²) in [4.78, 5) is 19.7. The normalized spacial score (nSPS) is 16.1. The molecule has 0 saturated heterocycles. The number of oxime groups is 1. The van der Waals surface area contributed by atoms with Gasteiger partial charge in [0.2, 0.25) is 5.91 Å². The van der Waals surface area contributed by atoms with E-state index in [9.17, 15) is 4.79 Å². The summed E-state index contributed by atoms with van der Waals surface area (Å²) in [6.45, 7) is 2.76. The summed E-state index contributed by atoms with van der Waals surface area (Å²) < 4.78 is 0. The maximum Gasteiger partial charge on any atom is 0.222 e. The molecule has 0 N–H and O–H groups in total. The zero-order chi connectivity index (χ0) is 18.5. The first kappa shape index (κ1) is 18.7. The lowest BCUT2D eigenvalue weighted by Gasteiger charge is -2.25. The predicted octanol–water partition coefficient (Wildman–Crippen LogP) is 4.93. The van der Waals surface area contributed by atoms with Crippen molar-refractivity contribution in [1.29, 1.82) is 0 Å². The summed E-state index contributed by atoms with van der Waals surface area (Å²) in [5.41, 5.74) is 2.60. The Balaban J connectivity index is 1.68. The van der Waals surface area contributed by atoms with Crippen LogP contribution in [0.2, 0.25) is 10.0 Å². The minimum absolute atomic E-state index is 0.0553. The number of rotatable bonds is 6. The Morgan fingerprint density at radius 1 is 1.15 bits per heavy atom. The van der Waals surface area contributed by atoms with Crippen LogP contribution in [0.15, 0.2) is 53.7 Å². The molecular weight excluding hydrogens is 371 g/mol. The van der Waals surface area contributed by atoms with Crippen LogP contribution in [-0.4, -0.2) is 29.2 Å². The molecule has 0 spiro atoms. The topological polar surface area (TPSA) is 41.9 Å². The van der Waals surface area contributed by atoms with E-state index in [0.29, 0.717) is 36.0 Å². The van der Waals surface area contributed by atoms with Crippen LogP contribution in [0.25, 0.3) is 0 Å². The van der Waals surface area contributed by atoms with Crippen molar-refractivity contribution < 1.29 is 9.63 Å². The van der Waals surface area contributed by atoms with E-state index >= 15 is 0 Å². The van der Waals surface area contributed by atoms with Gasteiger partial charge in [0.15, 0.2) is 6.10 Å². The molecule has 26 heavy (non-hydrogen) atoms. The Bertz CT molecular complexity index is 823. The van der Waals surface area contributed by atoms with Crippen LogP contribution in [0.1, 0.15) is 30.9 Å². The van der Waals surface area contributed by atoms with E-state index in [2.05, 4.69) is 5.16 Å². The number of benzene rings is 2. The smallest absolute Gasteiger partial charge is 0.222 e. The SMILES string of the molecule is CCC(=O)N(Cc1ccccc1Cl)C[C@@H]1CC(c2ccccc2Cl)=NO1. The molecule has 2 aromatic carbocycles. The van der Waals surface area contributed by atoms with E-state index in [4.69, 9.17) is 28.0 Å². The molecule has 2 aromatic rings. The van der Waals surface area contributed by atoms with Gasteiger partial charge in [-0.3, -0.25) is 4.79 Å². The molecule has 136 valence electrons. The third kappa shape index (κ3) is 4.37. The average Bonchev–Trinajstić information content (AvgIpc) is 3.11. The largest absolute Gasteiger partial charge is 0.390 e. The lowest BCUT2D eigenvalue weighted by atomic mass is 10.0. The average molecular weight is 391 g/mol. The molecule has 0 saturated carbocycles. The number of hydrogen-bond acceptors (Lipinski definition) is 3. The summed E-state index contributed by atoms with van der Waals surface area (Å²) in [5, 5.41) is 5.48. The summed E-state index contributed by atoms with van der Waals surface area (Å²) in [5.74, 6) is 0.0553. The van der Waals surface area contributed by atoms with Gasteiger partial charge >= 0.3 is 0 Å². The second kappa shape index (κ2) is 8.56. The Hall–Kier alpha value is -2.04. The molecule has 4 nitrogen and oxygen atoms in total. The van der Waals surface area contributed by atoms with Crippen molar-refractivity contribution in [2.75, 3.05) is 6.54 Å². The highest BCUT2D eigenvalue weighted by atomic mass is 35.5. The quantitative estimate of drug-likeness (QED) is 0.701. The summed E-state index contributed by atoms with van der Waals surface area (Å²) in [6, 6.07) is 15.1. The molecule has 1 aliphatic rings. The van der Waals surface area contributed by atoms with Crippen LogP contribution >= 0.6 is 23.2 Å². The van der Waals surface area contributed by atoms with Crippen molar-refractivity contribution in [3.63, 3.8) is 0 Å². The van der Waals surface area contributed by atoms with Crippen molar-refractivity contribution in [2.45, 2.75) is 32.4 Å². The molecule has 0 bridgehead atoms. The molecule has 1 aliphatic heterocycles. The third-order valence-corrected chi connectivity index (χ3v) is 5.01. The van der Waals surface area contributed by atoms with Gasteiger partial charge in [-0.1, -0.05) is 71.7 Å². The van der Waals surface area contributed by atoms with Gasteiger partial charge in [0.25, 0.3) is 0 Å². The maximum atomic E-state index is 12.4. The van der Waals surface area contributed by atoms with E-state index in [0.717, 1.165) is 16.8 Å². The van der Waals surface area contributed by atoms with Gasteiger partial charge in [-0.25, -0.2) is 0 Å². The number of hydrogen-bond donors (Lipinski definition) is 0. The van der Waals surface area contributed by atoms with Crippen LogP contribution in [0.5, 0.6) is 0 Å². The molecule has 1 amide bonds. The summed E-state index contributed by atoms with van der Waals surface area (Å²) >= 11 is 12.5. The van der Waals surface area contributed by atoms with E-state index in [-0.39, 0.29) is 12.0 Å². The van der Waals surface area contributed by atoms with E-state index in [1.54, 1.807) is 4.90 Å². The van der Waals surface area contributed by atoms with Crippen molar-refractivity contribution >= 4 is 34.8 Å². The summed E-state index contributed by atoms with van der Waals surface area (Å²) in [7, 11) is 0. The molecule has 1 heterocycles. The zero-order valence-electron chi connectivity index (χ0n) is 14.5. The minimum Gasteiger partial charge on any atom is -0.390 e. The highest BCUT2D eigenvalue weighted by molar-refractivity contribution is 6.34. The highest BCUT2D eigenvalue weighted by Gasteiger charge is 2.27. The fraction of sp³-hybridized carbons (Fsp3) is 0.300. The van der Waals surface area contributed by atoms with Gasteiger partial charge in [0.1, 0.15) is 0 Å². The van der Waals surface area contributed by atoms with Crippen molar-refractivity contribution in [1.82, 2.24) is 4.90 Å². The fourth-order valence-corrected chi connectivity index (χ4v) is 3.38. The highest BCUT2D eigenvalue weighted by Crippen LogP contribution is 2.24. The lowest BCUT2D eigenvalue weighted by molar-refractivity contribution is -0.133. The number of carbonyl (C=O) groups excluding carboxylic acids is 1. The fourth-order valence-electron chi connectivity index (χ4n) is 2.94. The van der Waals surface area contributed by atoms with Crippen molar-refractivity contribution in [2.24, 2.45) is 5.16 Å². The zero-order valence-corrected chi connectivity index (χ0v) is 16.0. The molecule has 0 unspecified atom stereocenters. The van der Waals surface area contributed by atoms with Gasteiger partial charge in [-0.05, 0) is 17.7 Å². The van der Waals surface area contributed by atoms with E-state index < -0.39 is 0 Å². The minimum atomic E-state index is -0.195. The van der Waals surface area contributed by atoms with Crippen molar-refractivity contribution in [3.8, 4) is 0 Å². The molecule has 0 fully saturated rings. The molecular formula is C20H20Cl2N2O2. The first-order valence-corrected chi connectivity index (χ1v) is 9.32. The lowest BCUT2D eigenvalue weighted by Crippen LogP contribution is -2.37. The van der Waals surface area contributed by atoms with Crippen molar-refractivity contribution in [3.05, 3.63) is 69.7 Å². The van der Waals surface area contributed by atoms with Gasteiger partial charge < -0.3 is 9.74 Å². The summed E-state index contributed by atoms with van der Waals surface area (Å²) in [6.07, 6.45) is 0.842. The second-order valence-corrected chi connectivity index (χ2v) is 6.98. The molecule has 0 aromatic heterocycles. The molecule has 1 atom stereocenters. The van der Waals surface area contributed by atoms with E-state index in [1.165, 1.54) is 0 Å². The van der Waals surface area contributed by atoms with Crippen LogP contribution in [0.4, 0.5) is 0 Å². The maximum absolute atomic E-state index is 12.4. The van der Waals surface area contributed by atoms with Gasteiger partial charge in [-0.2, -0.15) is 0 Å². The predicted molar refractivity (Wildman–Crippen MR) is 105 cm³/mol. The first-order chi connectivity index (χ1) is 12.6. The standard InChI is InChI=1S/C20H20Cl2N2O2/c1-2-20(25)24(12-14-7-3-5-9-17(14)21)13-15-11-19(23-26-15)16-8-4-6-10-18(16)22/h3-10,15H,2,11-13H2,1H3/t15-/m0/s1. The Morgan fingerprint density at radius 3 is 2.54 bits per heavy atom. The Labute approximate surface area is 163 Å². The van der Waals surface area contributed by atoms with Crippen LogP contribution < -0.4 is 0 Å². The number of halogens is 2. The Kier molecular flexibility index (Phi) is 6.17. The third-order valence-electron chi connectivity index (χ3n) is 4.32. The molecule has 3 rings (SSSR count). The Morgan fingerprint density at radius 2 is 1.85 bits per heavy atom. The second-order valence-electron chi connectivity index (χ2n) is 6.17. The molecule has 6 heteroatoms. The van der Waals surface area contributed by atoms with Crippen LogP contribution in [0, 0.1) is 0 Å². The number of amides is 1. The monoisotopic (exact) mass is 390 g/mol. The first-order valence-electron chi connectivity index (χ1n) is 8.57. The van der Waals surface area contributed by atoms with Gasteiger partial charge in [0.05, 0.1) is 12.3 Å². The van der Waals surface area contributed by atoms with Crippen LogP contribution in [0.3, 0.4) is 0 Å². The van der Waals surface area contributed by atoms with E-state index in [1.807, 2.05) is 55.5 Å². The van der Waals surface area contributed by atoms with Crippen LogP contribution in [-0.2, 0) is 16.2 Å². The number of nitrogens with zero attached hydrogens (tertiary/aromatic N) is 2. The van der Waals surface area contributed by atoms with Gasteiger partial charge in [0, 0.05) is 35.0 Å².